The highest BCUT2D eigenvalue weighted by atomic mass is 32.2. The summed E-state index contributed by atoms with van der Waals surface area (Å²) in [6, 6.07) is 9.47. The minimum Gasteiger partial charge on any atom is -0.385 e. The van der Waals surface area contributed by atoms with E-state index in [1.807, 2.05) is 0 Å². The van der Waals surface area contributed by atoms with Crippen LogP contribution < -0.4 is 15.4 Å². The Kier molecular flexibility index (Phi) is 10.2. The number of nitrogens with zero attached hydrogens (tertiary/aromatic N) is 4. The van der Waals surface area contributed by atoms with Gasteiger partial charge in [-0.15, -0.1) is 0 Å². The molecule has 0 bridgehead atoms. The van der Waals surface area contributed by atoms with Crippen molar-refractivity contribution < 1.29 is 31.1 Å². The number of hydrogen-bond donors (Lipinski definition) is 3. The summed E-state index contributed by atoms with van der Waals surface area (Å²) in [6.07, 6.45) is -2.10. The minimum atomic E-state index is -4.76. The van der Waals surface area contributed by atoms with Gasteiger partial charge in [-0.1, -0.05) is 12.1 Å². The van der Waals surface area contributed by atoms with Gasteiger partial charge in [-0.3, -0.25) is 9.52 Å². The Labute approximate surface area is 230 Å². The monoisotopic (exact) mass is 581 g/mol. The number of alkyl halides is 3. The average Bonchev–Trinajstić information content (AvgIpc) is 2.91. The van der Waals surface area contributed by atoms with Crippen LogP contribution in [0.25, 0.3) is 0 Å². The third-order valence-corrected chi connectivity index (χ3v) is 6.88. The molecule has 0 aliphatic rings. The van der Waals surface area contributed by atoms with Gasteiger partial charge in [-0.05, 0) is 37.6 Å². The van der Waals surface area contributed by atoms with Crippen LogP contribution in [0.4, 0.5) is 36.4 Å². The Morgan fingerprint density at radius 1 is 1.12 bits per heavy atom. The number of amides is 1. The summed E-state index contributed by atoms with van der Waals surface area (Å²) in [5.41, 5.74) is -0.0416. The van der Waals surface area contributed by atoms with Crippen LogP contribution in [0.15, 0.2) is 48.8 Å². The molecule has 3 N–H and O–H groups in total. The van der Waals surface area contributed by atoms with E-state index in [1.54, 1.807) is 43.3 Å². The van der Waals surface area contributed by atoms with Crippen molar-refractivity contribution >= 4 is 39.2 Å². The normalized spacial score (nSPS) is 11.7. The number of rotatable bonds is 13. The molecule has 0 aliphatic carbocycles. The molecular weight excluding hydrogens is 551 g/mol. The van der Waals surface area contributed by atoms with Crippen LogP contribution in [0, 0.1) is 0 Å². The van der Waals surface area contributed by atoms with Crippen molar-refractivity contribution in [3.8, 4) is 0 Å². The summed E-state index contributed by atoms with van der Waals surface area (Å²) < 4.78 is 72.4. The predicted octanol–water partition coefficient (Wildman–Crippen LogP) is 4.12. The number of sulfonamides is 1. The molecule has 0 atom stereocenters. The fourth-order valence-corrected chi connectivity index (χ4v) is 4.11. The zero-order valence-electron chi connectivity index (χ0n) is 22.1. The molecule has 11 nitrogen and oxygen atoms in total. The first-order chi connectivity index (χ1) is 18.9. The standard InChI is InChI=1S/C25H30F3N7O4S/c1-4-40(37,38)34-21-18(9-6-11-29-21)15-30-22-20(25(26,27)28)16-31-24(33-22)32-19-10-5-8-17(14-19)23(36)35(2)12-7-13-39-3/h5-6,8-11,14,16H,4,7,12-13,15H2,1-3H3,(H,29,34)(H2,30,31,32,33). The Morgan fingerprint density at radius 2 is 1.90 bits per heavy atom. The second kappa shape index (κ2) is 13.4. The molecule has 3 rings (SSSR count). The van der Waals surface area contributed by atoms with Crippen LogP contribution in [0.1, 0.15) is 34.8 Å². The molecule has 3 aromatic rings. The number of methoxy groups -OCH3 is 1. The Morgan fingerprint density at radius 3 is 2.60 bits per heavy atom. The molecule has 0 spiro atoms. The van der Waals surface area contributed by atoms with E-state index in [0.717, 1.165) is 0 Å². The van der Waals surface area contributed by atoms with Gasteiger partial charge in [0.15, 0.2) is 0 Å². The molecule has 216 valence electrons. The van der Waals surface area contributed by atoms with E-state index in [4.69, 9.17) is 4.74 Å². The number of pyridine rings is 1. The maximum Gasteiger partial charge on any atom is 0.421 e. The lowest BCUT2D eigenvalue weighted by molar-refractivity contribution is -0.137. The van der Waals surface area contributed by atoms with Gasteiger partial charge in [0.05, 0.1) is 5.75 Å². The predicted molar refractivity (Wildman–Crippen MR) is 145 cm³/mol. The molecule has 1 aromatic carbocycles. The van der Waals surface area contributed by atoms with Gasteiger partial charge < -0.3 is 20.3 Å². The number of anilines is 4. The van der Waals surface area contributed by atoms with Gasteiger partial charge in [-0.2, -0.15) is 18.2 Å². The number of nitrogens with one attached hydrogen (secondary N) is 3. The number of benzene rings is 1. The third-order valence-electron chi connectivity index (χ3n) is 5.62. The lowest BCUT2D eigenvalue weighted by Crippen LogP contribution is -2.28. The van der Waals surface area contributed by atoms with Crippen molar-refractivity contribution in [3.63, 3.8) is 0 Å². The van der Waals surface area contributed by atoms with Gasteiger partial charge in [0.25, 0.3) is 5.91 Å². The van der Waals surface area contributed by atoms with E-state index >= 15 is 0 Å². The molecule has 15 heteroatoms. The lowest BCUT2D eigenvalue weighted by Gasteiger charge is -2.18. The zero-order chi connectivity index (χ0) is 29.3. The van der Waals surface area contributed by atoms with Crippen molar-refractivity contribution in [1.29, 1.82) is 0 Å². The first kappa shape index (κ1) is 30.6. The highest BCUT2D eigenvalue weighted by molar-refractivity contribution is 7.92. The van der Waals surface area contributed by atoms with E-state index in [2.05, 4.69) is 30.3 Å². The molecule has 0 fully saturated rings. The zero-order valence-corrected chi connectivity index (χ0v) is 22.9. The van der Waals surface area contributed by atoms with Crippen LogP contribution in [-0.2, 0) is 27.5 Å². The summed E-state index contributed by atoms with van der Waals surface area (Å²) in [6.45, 7) is 2.23. The summed E-state index contributed by atoms with van der Waals surface area (Å²) in [7, 11) is -0.420. The topological polar surface area (TPSA) is 138 Å². The molecule has 0 unspecified atom stereocenters. The Bertz CT molecular complexity index is 1420. The van der Waals surface area contributed by atoms with Gasteiger partial charge in [0.2, 0.25) is 16.0 Å². The number of halogens is 3. The average molecular weight is 582 g/mol. The second-order valence-corrected chi connectivity index (χ2v) is 10.6. The molecular formula is C25H30F3N7O4S. The fraction of sp³-hybridized carbons (Fsp3) is 0.360. The highest BCUT2D eigenvalue weighted by Gasteiger charge is 2.35. The van der Waals surface area contributed by atoms with E-state index in [1.165, 1.54) is 25.3 Å². The number of carbonyl (C=O) groups is 1. The van der Waals surface area contributed by atoms with Crippen molar-refractivity contribution in [2.24, 2.45) is 0 Å². The molecule has 1 amide bonds. The fourth-order valence-electron chi connectivity index (χ4n) is 3.48. The van der Waals surface area contributed by atoms with Crippen molar-refractivity contribution in [1.82, 2.24) is 19.9 Å². The molecule has 40 heavy (non-hydrogen) atoms. The minimum absolute atomic E-state index is 0.00789. The van der Waals surface area contributed by atoms with Crippen LogP contribution in [0.5, 0.6) is 0 Å². The summed E-state index contributed by atoms with van der Waals surface area (Å²) in [5.74, 6) is -1.12. The summed E-state index contributed by atoms with van der Waals surface area (Å²) >= 11 is 0. The van der Waals surface area contributed by atoms with Gasteiger partial charge in [0.1, 0.15) is 17.2 Å². The maximum absolute atomic E-state index is 13.7. The molecule has 0 aliphatic heterocycles. The SMILES string of the molecule is CCS(=O)(=O)Nc1ncccc1CNc1nc(Nc2cccc(C(=O)N(C)CCCOC)c2)ncc1C(F)(F)F. The van der Waals surface area contributed by atoms with Crippen LogP contribution >= 0.6 is 0 Å². The largest absolute Gasteiger partial charge is 0.421 e. The molecule has 0 radical (unpaired) electrons. The van der Waals surface area contributed by atoms with E-state index in [9.17, 15) is 26.4 Å². The maximum atomic E-state index is 13.7. The Hall–Kier alpha value is -3.98. The van der Waals surface area contributed by atoms with E-state index < -0.39 is 27.6 Å². The van der Waals surface area contributed by atoms with Crippen LogP contribution in [0.3, 0.4) is 0 Å². The van der Waals surface area contributed by atoms with Gasteiger partial charge in [0, 0.05) is 63.1 Å². The first-order valence-corrected chi connectivity index (χ1v) is 13.8. The molecule has 0 saturated heterocycles. The number of hydrogen-bond acceptors (Lipinski definition) is 9. The Balaban J connectivity index is 1.82. The quantitative estimate of drug-likeness (QED) is 0.255. The van der Waals surface area contributed by atoms with Crippen molar-refractivity contribution in [2.75, 3.05) is 48.4 Å². The second-order valence-electron chi connectivity index (χ2n) is 8.60. The summed E-state index contributed by atoms with van der Waals surface area (Å²) in [4.78, 5) is 26.1. The smallest absolute Gasteiger partial charge is 0.385 e. The van der Waals surface area contributed by atoms with Crippen LogP contribution in [-0.4, -0.2) is 67.2 Å². The number of aromatic nitrogens is 3. The van der Waals surface area contributed by atoms with E-state index in [0.29, 0.717) is 42.6 Å². The molecule has 2 aromatic heterocycles. The van der Waals surface area contributed by atoms with Gasteiger partial charge >= 0.3 is 6.18 Å². The first-order valence-electron chi connectivity index (χ1n) is 12.2. The highest BCUT2D eigenvalue weighted by Crippen LogP contribution is 2.34. The summed E-state index contributed by atoms with van der Waals surface area (Å²) in [5, 5.41) is 5.45. The number of ether oxygens (including phenoxy) is 1. The van der Waals surface area contributed by atoms with Gasteiger partial charge in [-0.25, -0.2) is 18.4 Å². The van der Waals surface area contributed by atoms with E-state index in [-0.39, 0.29) is 30.0 Å². The molecule has 0 saturated carbocycles. The molecule has 2 heterocycles. The third kappa shape index (κ3) is 8.51. The van der Waals surface area contributed by atoms with Crippen molar-refractivity contribution in [2.45, 2.75) is 26.1 Å². The van der Waals surface area contributed by atoms with Crippen LogP contribution in [0.2, 0.25) is 0 Å². The van der Waals surface area contributed by atoms with Crippen molar-refractivity contribution in [3.05, 3.63) is 65.5 Å². The number of carbonyl (C=O) groups excluding carboxylic acids is 1. The lowest BCUT2D eigenvalue weighted by atomic mass is 10.1.